The van der Waals surface area contributed by atoms with Crippen LogP contribution in [0.5, 0.6) is 0 Å². The second-order valence-corrected chi connectivity index (χ2v) is 6.27. The topological polar surface area (TPSA) is 20.3 Å². The smallest absolute Gasteiger partial charge is 0.265 e. The number of thioether (sulfide) groups is 1. The largest absolute Gasteiger partial charge is 0.296 e. The van der Waals surface area contributed by atoms with Crippen LogP contribution in [-0.2, 0) is 4.79 Å². The van der Waals surface area contributed by atoms with E-state index in [-0.39, 0.29) is 5.91 Å². The van der Waals surface area contributed by atoms with Crippen LogP contribution in [0.2, 0.25) is 0 Å². The van der Waals surface area contributed by atoms with Crippen molar-refractivity contribution < 1.29 is 4.79 Å². The van der Waals surface area contributed by atoms with Gasteiger partial charge in [-0.1, -0.05) is 70.2 Å². The third-order valence-electron chi connectivity index (χ3n) is 2.36. The molecule has 0 atom stereocenters. The molecule has 0 aromatic heterocycles. The zero-order valence-electron chi connectivity index (χ0n) is 9.59. The van der Waals surface area contributed by atoms with Gasteiger partial charge in [0.25, 0.3) is 5.91 Å². The van der Waals surface area contributed by atoms with Gasteiger partial charge < -0.3 is 0 Å². The fourth-order valence-corrected chi connectivity index (χ4v) is 3.24. The van der Waals surface area contributed by atoms with E-state index in [0.717, 1.165) is 10.0 Å². The first kappa shape index (κ1) is 13.5. The van der Waals surface area contributed by atoms with E-state index in [1.807, 2.05) is 36.4 Å². The van der Waals surface area contributed by atoms with Crippen molar-refractivity contribution in [3.8, 4) is 0 Å². The first-order chi connectivity index (χ1) is 8.58. The van der Waals surface area contributed by atoms with Crippen LogP contribution < -0.4 is 0 Å². The Morgan fingerprint density at radius 1 is 1.39 bits per heavy atom. The normalized spacial score (nSPS) is 18.9. The third kappa shape index (κ3) is 3.10. The highest BCUT2D eigenvalue weighted by Crippen LogP contribution is 2.31. The van der Waals surface area contributed by atoms with E-state index in [1.54, 1.807) is 13.1 Å². The Kier molecular flexibility index (Phi) is 4.37. The zero-order chi connectivity index (χ0) is 13.1. The number of amides is 1. The summed E-state index contributed by atoms with van der Waals surface area (Å²) in [5.41, 5.74) is 1.08. The molecule has 0 spiro atoms. The van der Waals surface area contributed by atoms with E-state index in [9.17, 15) is 4.79 Å². The van der Waals surface area contributed by atoms with Gasteiger partial charge in [-0.05, 0) is 17.7 Å². The predicted octanol–water partition coefficient (Wildman–Crippen LogP) is 3.80. The van der Waals surface area contributed by atoms with Crippen molar-refractivity contribution in [2.45, 2.75) is 0 Å². The molecule has 1 aromatic carbocycles. The van der Waals surface area contributed by atoms with Gasteiger partial charge in [0.15, 0.2) is 0 Å². The predicted molar refractivity (Wildman–Crippen MR) is 84.4 cm³/mol. The van der Waals surface area contributed by atoms with E-state index in [2.05, 4.69) is 15.9 Å². The minimum atomic E-state index is -0.0524. The SMILES string of the molecule is CN1C(=O)/C(=C\C(Br)=C\c2ccccc2)SC1=S. The molecule has 1 aliphatic rings. The molecule has 1 fully saturated rings. The number of hydrogen-bond donors (Lipinski definition) is 0. The number of rotatable bonds is 2. The second kappa shape index (κ2) is 5.82. The number of nitrogens with zero attached hydrogens (tertiary/aromatic N) is 1. The molecule has 0 radical (unpaired) electrons. The molecule has 0 unspecified atom stereocenters. The van der Waals surface area contributed by atoms with Crippen molar-refractivity contribution >= 4 is 56.2 Å². The number of likely N-dealkylation sites (N-methyl/N-ethyl adjacent to an activating group) is 1. The molecule has 0 bridgehead atoms. The Bertz CT molecular complexity index is 551. The molecule has 0 saturated carbocycles. The highest BCUT2D eigenvalue weighted by atomic mass is 79.9. The van der Waals surface area contributed by atoms with Crippen molar-refractivity contribution in [2.75, 3.05) is 7.05 Å². The maximum Gasteiger partial charge on any atom is 0.265 e. The summed E-state index contributed by atoms with van der Waals surface area (Å²) in [4.78, 5) is 13.9. The molecule has 1 amide bonds. The van der Waals surface area contributed by atoms with Gasteiger partial charge >= 0.3 is 0 Å². The van der Waals surface area contributed by atoms with Crippen LogP contribution in [0.1, 0.15) is 5.56 Å². The first-order valence-electron chi connectivity index (χ1n) is 5.22. The lowest BCUT2D eigenvalue weighted by atomic mass is 10.2. The highest BCUT2D eigenvalue weighted by molar-refractivity contribution is 9.12. The van der Waals surface area contributed by atoms with E-state index < -0.39 is 0 Å². The highest BCUT2D eigenvalue weighted by Gasteiger charge is 2.28. The van der Waals surface area contributed by atoms with Gasteiger partial charge in [0.05, 0.1) is 4.91 Å². The van der Waals surface area contributed by atoms with Gasteiger partial charge in [-0.25, -0.2) is 0 Å². The molecule has 18 heavy (non-hydrogen) atoms. The lowest BCUT2D eigenvalue weighted by Gasteiger charge is -2.03. The van der Waals surface area contributed by atoms with Crippen LogP contribution in [0.3, 0.4) is 0 Å². The van der Waals surface area contributed by atoms with Gasteiger partial charge in [-0.2, -0.15) is 0 Å². The van der Waals surface area contributed by atoms with E-state index in [4.69, 9.17) is 12.2 Å². The minimum absolute atomic E-state index is 0.0524. The van der Waals surface area contributed by atoms with Crippen LogP contribution in [-0.4, -0.2) is 22.2 Å². The Labute approximate surface area is 124 Å². The van der Waals surface area contributed by atoms with E-state index in [1.165, 1.54) is 16.7 Å². The first-order valence-corrected chi connectivity index (χ1v) is 7.23. The molecule has 1 heterocycles. The van der Waals surface area contributed by atoms with Crippen molar-refractivity contribution in [1.82, 2.24) is 4.90 Å². The Balaban J connectivity index is 2.22. The van der Waals surface area contributed by atoms with Crippen molar-refractivity contribution in [1.29, 1.82) is 0 Å². The summed E-state index contributed by atoms with van der Waals surface area (Å²) in [7, 11) is 1.69. The summed E-state index contributed by atoms with van der Waals surface area (Å²) in [6.45, 7) is 0. The number of hydrogen-bond acceptors (Lipinski definition) is 3. The number of thiocarbonyl (C=S) groups is 1. The van der Waals surface area contributed by atoms with Crippen LogP contribution >= 0.6 is 39.9 Å². The van der Waals surface area contributed by atoms with E-state index >= 15 is 0 Å². The zero-order valence-corrected chi connectivity index (χ0v) is 12.8. The van der Waals surface area contributed by atoms with Crippen LogP contribution in [0.4, 0.5) is 0 Å². The number of carbonyl (C=O) groups excluding carboxylic acids is 1. The molecule has 1 saturated heterocycles. The maximum absolute atomic E-state index is 11.8. The lowest BCUT2D eigenvalue weighted by molar-refractivity contribution is -0.121. The summed E-state index contributed by atoms with van der Waals surface area (Å²) in [6.07, 6.45) is 3.76. The summed E-state index contributed by atoms with van der Waals surface area (Å²) in [5.74, 6) is -0.0524. The van der Waals surface area contributed by atoms with Crippen LogP contribution in [0.25, 0.3) is 6.08 Å². The Morgan fingerprint density at radius 3 is 2.61 bits per heavy atom. The van der Waals surface area contributed by atoms with Gasteiger partial charge in [0, 0.05) is 11.5 Å². The van der Waals surface area contributed by atoms with Gasteiger partial charge in [0.2, 0.25) is 0 Å². The Morgan fingerprint density at radius 2 is 2.06 bits per heavy atom. The van der Waals surface area contributed by atoms with E-state index in [0.29, 0.717) is 9.23 Å². The van der Waals surface area contributed by atoms with Gasteiger partial charge in [-0.3, -0.25) is 9.69 Å². The van der Waals surface area contributed by atoms with Gasteiger partial charge in [0.1, 0.15) is 4.32 Å². The second-order valence-electron chi connectivity index (χ2n) is 3.68. The average molecular weight is 340 g/mol. The molecular formula is C13H10BrNOS2. The molecule has 5 heteroatoms. The molecular weight excluding hydrogens is 330 g/mol. The third-order valence-corrected chi connectivity index (χ3v) is 4.30. The molecule has 1 aliphatic heterocycles. The summed E-state index contributed by atoms with van der Waals surface area (Å²) in [6, 6.07) is 9.91. The van der Waals surface area contributed by atoms with Crippen molar-refractivity contribution in [2.24, 2.45) is 0 Å². The Hall–Kier alpha value is -0.910. The van der Waals surface area contributed by atoms with Gasteiger partial charge in [-0.15, -0.1) is 0 Å². The molecule has 92 valence electrons. The maximum atomic E-state index is 11.8. The molecule has 0 N–H and O–H groups in total. The standard InChI is InChI=1S/C13H10BrNOS2/c1-15-12(16)11(18-13(15)17)8-10(14)7-9-5-3-2-4-6-9/h2-8H,1H3/b10-7-,11-8+. The summed E-state index contributed by atoms with van der Waals surface area (Å²) >= 11 is 9.84. The fourth-order valence-electron chi connectivity index (χ4n) is 1.42. The molecule has 2 rings (SSSR count). The summed E-state index contributed by atoms with van der Waals surface area (Å²) < 4.78 is 1.44. The number of allylic oxidation sites excluding steroid dienone is 2. The van der Waals surface area contributed by atoms with Crippen molar-refractivity contribution in [3.05, 3.63) is 51.4 Å². The molecule has 0 aliphatic carbocycles. The lowest BCUT2D eigenvalue weighted by Crippen LogP contribution is -2.22. The quantitative estimate of drug-likeness (QED) is 0.603. The van der Waals surface area contributed by atoms with Crippen molar-refractivity contribution in [3.63, 3.8) is 0 Å². The number of carbonyl (C=O) groups is 1. The molecule has 2 nitrogen and oxygen atoms in total. The molecule has 1 aromatic rings. The average Bonchev–Trinajstić information content (AvgIpc) is 2.58. The van der Waals surface area contributed by atoms with Crippen LogP contribution in [0.15, 0.2) is 45.8 Å². The number of benzene rings is 1. The minimum Gasteiger partial charge on any atom is -0.296 e. The monoisotopic (exact) mass is 339 g/mol. The number of halogens is 1. The van der Waals surface area contributed by atoms with Crippen LogP contribution in [0, 0.1) is 0 Å². The summed E-state index contributed by atoms with van der Waals surface area (Å²) in [5, 5.41) is 0. The fraction of sp³-hybridized carbons (Fsp3) is 0.0769.